The van der Waals surface area contributed by atoms with Crippen LogP contribution in [-0.4, -0.2) is 14.8 Å². The van der Waals surface area contributed by atoms with Crippen molar-refractivity contribution < 1.29 is 4.74 Å². The Hall–Kier alpha value is -2.24. The molecular formula is C23H26ClN3OS. The minimum Gasteiger partial charge on any atom is -0.486 e. The fourth-order valence-corrected chi connectivity index (χ4v) is 4.05. The third-order valence-electron chi connectivity index (χ3n) is 4.51. The summed E-state index contributed by atoms with van der Waals surface area (Å²) >= 11 is 7.86. The Balaban J connectivity index is 1.68. The summed E-state index contributed by atoms with van der Waals surface area (Å²) in [6, 6.07) is 16.1. The van der Waals surface area contributed by atoms with Crippen molar-refractivity contribution in [1.29, 1.82) is 0 Å². The Kier molecular flexibility index (Phi) is 7.04. The van der Waals surface area contributed by atoms with Crippen molar-refractivity contribution in [3.63, 3.8) is 0 Å². The molecule has 0 amide bonds. The van der Waals surface area contributed by atoms with Gasteiger partial charge >= 0.3 is 0 Å². The number of ether oxygens (including phenoxy) is 1. The van der Waals surface area contributed by atoms with E-state index in [2.05, 4.69) is 49.7 Å². The van der Waals surface area contributed by atoms with Crippen LogP contribution in [0.5, 0.6) is 5.75 Å². The predicted molar refractivity (Wildman–Crippen MR) is 121 cm³/mol. The number of halogens is 1. The van der Waals surface area contributed by atoms with Crippen molar-refractivity contribution in [2.45, 2.75) is 50.2 Å². The standard InChI is InChI=1S/C23H26ClN3OS/c1-5-14-27-21(15-28-19-12-10-18(11-13-19)23(2,3)4)25-26-22(27)29-16-17-8-6-7-9-20(17)24/h5-13H,1,14-16H2,2-4H3. The predicted octanol–water partition coefficient (Wildman–Crippen LogP) is 6.29. The molecule has 29 heavy (non-hydrogen) atoms. The first-order valence-electron chi connectivity index (χ1n) is 9.51. The van der Waals surface area contributed by atoms with Gasteiger partial charge in [-0.25, -0.2) is 0 Å². The number of aromatic nitrogens is 3. The molecule has 0 spiro atoms. The molecule has 0 aliphatic heterocycles. The SMILES string of the molecule is C=CCn1c(COc2ccc(C(C)(C)C)cc2)nnc1SCc1ccccc1Cl. The molecule has 3 rings (SSSR count). The fraction of sp³-hybridized carbons (Fsp3) is 0.304. The molecule has 3 aromatic rings. The molecule has 2 aromatic carbocycles. The summed E-state index contributed by atoms with van der Waals surface area (Å²) in [4.78, 5) is 0. The first-order chi connectivity index (χ1) is 13.9. The second-order valence-corrected chi connectivity index (χ2v) is 9.09. The molecule has 0 fully saturated rings. The number of allylic oxidation sites excluding steroid dienone is 1. The molecule has 1 aromatic heterocycles. The monoisotopic (exact) mass is 427 g/mol. The highest BCUT2D eigenvalue weighted by Gasteiger charge is 2.15. The zero-order valence-corrected chi connectivity index (χ0v) is 18.6. The van der Waals surface area contributed by atoms with Crippen LogP contribution in [-0.2, 0) is 24.3 Å². The van der Waals surface area contributed by atoms with Crippen molar-refractivity contribution in [2.24, 2.45) is 0 Å². The average molecular weight is 428 g/mol. The highest BCUT2D eigenvalue weighted by atomic mass is 35.5. The van der Waals surface area contributed by atoms with Gasteiger partial charge in [0.1, 0.15) is 12.4 Å². The highest BCUT2D eigenvalue weighted by Crippen LogP contribution is 2.27. The lowest BCUT2D eigenvalue weighted by molar-refractivity contribution is 0.289. The summed E-state index contributed by atoms with van der Waals surface area (Å²) in [7, 11) is 0. The largest absolute Gasteiger partial charge is 0.486 e. The van der Waals surface area contributed by atoms with Crippen molar-refractivity contribution in [3.05, 3.63) is 83.2 Å². The van der Waals surface area contributed by atoms with E-state index in [0.717, 1.165) is 33.1 Å². The second kappa shape index (κ2) is 9.51. The van der Waals surface area contributed by atoms with Crippen LogP contribution in [0.25, 0.3) is 0 Å². The van der Waals surface area contributed by atoms with Crippen molar-refractivity contribution in [2.75, 3.05) is 0 Å². The van der Waals surface area contributed by atoms with Gasteiger partial charge in [-0.2, -0.15) is 0 Å². The van der Waals surface area contributed by atoms with Crippen LogP contribution in [0.4, 0.5) is 0 Å². The van der Waals surface area contributed by atoms with Gasteiger partial charge in [-0.1, -0.05) is 80.5 Å². The summed E-state index contributed by atoms with van der Waals surface area (Å²) in [6.07, 6.45) is 1.84. The Morgan fingerprint density at radius 3 is 2.48 bits per heavy atom. The molecule has 0 saturated carbocycles. The van der Waals surface area contributed by atoms with E-state index in [-0.39, 0.29) is 5.41 Å². The van der Waals surface area contributed by atoms with Crippen molar-refractivity contribution >= 4 is 23.4 Å². The zero-order valence-electron chi connectivity index (χ0n) is 17.1. The normalized spacial score (nSPS) is 11.4. The van der Waals surface area contributed by atoms with E-state index in [1.807, 2.05) is 47.0 Å². The van der Waals surface area contributed by atoms with Gasteiger partial charge in [0.25, 0.3) is 0 Å². The lowest BCUT2D eigenvalue weighted by Crippen LogP contribution is -2.11. The Morgan fingerprint density at radius 2 is 1.83 bits per heavy atom. The summed E-state index contributed by atoms with van der Waals surface area (Å²) in [5.74, 6) is 2.31. The third-order valence-corrected chi connectivity index (χ3v) is 5.89. The van der Waals surface area contributed by atoms with Crippen molar-refractivity contribution in [3.8, 4) is 5.75 Å². The summed E-state index contributed by atoms with van der Waals surface area (Å²) in [6.45, 7) is 11.4. The lowest BCUT2D eigenvalue weighted by Gasteiger charge is -2.19. The third kappa shape index (κ3) is 5.64. The number of hydrogen-bond donors (Lipinski definition) is 0. The zero-order chi connectivity index (χ0) is 20.9. The van der Waals surface area contributed by atoms with Gasteiger partial charge in [0.15, 0.2) is 11.0 Å². The number of nitrogens with zero attached hydrogens (tertiary/aromatic N) is 3. The molecule has 0 N–H and O–H groups in total. The Morgan fingerprint density at radius 1 is 1.10 bits per heavy atom. The maximum absolute atomic E-state index is 6.26. The molecule has 4 nitrogen and oxygen atoms in total. The minimum absolute atomic E-state index is 0.121. The second-order valence-electron chi connectivity index (χ2n) is 7.74. The summed E-state index contributed by atoms with van der Waals surface area (Å²) in [5.41, 5.74) is 2.47. The van der Waals surface area contributed by atoms with Crippen LogP contribution in [0.1, 0.15) is 37.7 Å². The summed E-state index contributed by atoms with van der Waals surface area (Å²) < 4.78 is 7.98. The van der Waals surface area contributed by atoms with E-state index < -0.39 is 0 Å². The smallest absolute Gasteiger partial charge is 0.191 e. The molecule has 1 heterocycles. The molecule has 0 saturated heterocycles. The highest BCUT2D eigenvalue weighted by molar-refractivity contribution is 7.98. The Labute approximate surface area is 182 Å². The van der Waals surface area contributed by atoms with Gasteiger partial charge in [-0.15, -0.1) is 16.8 Å². The van der Waals surface area contributed by atoms with Crippen LogP contribution in [0.3, 0.4) is 0 Å². The molecule has 0 aliphatic carbocycles. The first kappa shape index (κ1) is 21.5. The van der Waals surface area contributed by atoms with Crippen LogP contribution < -0.4 is 4.74 Å². The van der Waals surface area contributed by atoms with Crippen LogP contribution in [0.15, 0.2) is 66.3 Å². The number of benzene rings is 2. The molecule has 0 aliphatic rings. The Bertz CT molecular complexity index is 961. The van der Waals surface area contributed by atoms with Crippen molar-refractivity contribution in [1.82, 2.24) is 14.8 Å². The van der Waals surface area contributed by atoms with E-state index in [1.54, 1.807) is 11.8 Å². The number of hydrogen-bond acceptors (Lipinski definition) is 4. The van der Waals surface area contributed by atoms with Crippen LogP contribution in [0.2, 0.25) is 5.02 Å². The van der Waals surface area contributed by atoms with Gasteiger partial charge in [-0.05, 0) is 34.7 Å². The maximum atomic E-state index is 6.26. The molecule has 0 unspecified atom stereocenters. The van der Waals surface area contributed by atoms with E-state index >= 15 is 0 Å². The van der Waals surface area contributed by atoms with E-state index in [9.17, 15) is 0 Å². The van der Waals surface area contributed by atoms with Crippen LogP contribution in [0, 0.1) is 0 Å². The molecular weight excluding hydrogens is 402 g/mol. The lowest BCUT2D eigenvalue weighted by atomic mass is 9.87. The van der Waals surface area contributed by atoms with Gasteiger partial charge in [-0.3, -0.25) is 4.57 Å². The number of rotatable bonds is 8. The number of thioether (sulfide) groups is 1. The summed E-state index contributed by atoms with van der Waals surface area (Å²) in [5, 5.41) is 10.3. The molecule has 0 atom stereocenters. The van der Waals surface area contributed by atoms with E-state index in [0.29, 0.717) is 13.2 Å². The van der Waals surface area contributed by atoms with Gasteiger partial charge < -0.3 is 4.74 Å². The van der Waals surface area contributed by atoms with Gasteiger partial charge in [0.2, 0.25) is 0 Å². The van der Waals surface area contributed by atoms with Gasteiger partial charge in [0.05, 0.1) is 0 Å². The average Bonchev–Trinajstić information content (AvgIpc) is 3.07. The first-order valence-corrected chi connectivity index (χ1v) is 10.9. The van der Waals surface area contributed by atoms with Crippen LogP contribution >= 0.6 is 23.4 Å². The minimum atomic E-state index is 0.121. The maximum Gasteiger partial charge on any atom is 0.191 e. The molecule has 6 heteroatoms. The van der Waals surface area contributed by atoms with Gasteiger partial charge in [0, 0.05) is 17.3 Å². The molecule has 152 valence electrons. The quantitative estimate of drug-likeness (QED) is 0.313. The molecule has 0 radical (unpaired) electrons. The topological polar surface area (TPSA) is 39.9 Å². The van der Waals surface area contributed by atoms with E-state index in [1.165, 1.54) is 5.56 Å². The van der Waals surface area contributed by atoms with E-state index in [4.69, 9.17) is 16.3 Å². The molecule has 0 bridgehead atoms. The fourth-order valence-electron chi connectivity index (χ4n) is 2.80.